The molecule has 78 valence electrons. The molecule has 0 amide bonds. The van der Waals surface area contributed by atoms with Crippen molar-refractivity contribution < 1.29 is 4.39 Å². The van der Waals surface area contributed by atoms with Gasteiger partial charge in [0.05, 0.1) is 0 Å². The predicted octanol–water partition coefficient (Wildman–Crippen LogP) is 3.73. The highest BCUT2D eigenvalue weighted by Gasteiger charge is 2.02. The Labute approximate surface area is 103 Å². The molecule has 0 aliphatic heterocycles. The molecular weight excluding hydrogens is 299 g/mol. The average Bonchev–Trinajstić information content (AvgIpc) is 2.65. The van der Waals surface area contributed by atoms with Crippen molar-refractivity contribution in [1.82, 2.24) is 10.2 Å². The number of benzene rings is 1. The lowest BCUT2D eigenvalue weighted by Gasteiger charge is -2.00. The SMILES string of the molecule is Fc1cc(Br)cc(CSc2nncs2)c1. The molecule has 2 nitrogen and oxygen atoms in total. The summed E-state index contributed by atoms with van der Waals surface area (Å²) in [5, 5.41) is 7.64. The molecule has 0 fully saturated rings. The van der Waals surface area contributed by atoms with E-state index in [0.717, 1.165) is 14.4 Å². The van der Waals surface area contributed by atoms with Gasteiger partial charge in [-0.3, -0.25) is 0 Å². The zero-order chi connectivity index (χ0) is 10.7. The molecule has 1 aromatic heterocycles. The Morgan fingerprint density at radius 2 is 2.27 bits per heavy atom. The van der Waals surface area contributed by atoms with Gasteiger partial charge in [-0.15, -0.1) is 10.2 Å². The van der Waals surface area contributed by atoms with Gasteiger partial charge in [-0.1, -0.05) is 39.0 Å². The summed E-state index contributed by atoms with van der Waals surface area (Å²) >= 11 is 6.30. The van der Waals surface area contributed by atoms with Crippen LogP contribution >= 0.6 is 39.0 Å². The molecule has 1 aromatic carbocycles. The molecule has 0 saturated carbocycles. The number of hydrogen-bond donors (Lipinski definition) is 0. The number of halogens is 2. The molecule has 6 heteroatoms. The first kappa shape index (κ1) is 11.0. The van der Waals surface area contributed by atoms with Gasteiger partial charge in [-0.2, -0.15) is 0 Å². The van der Waals surface area contributed by atoms with Crippen molar-refractivity contribution in [2.45, 2.75) is 10.1 Å². The molecule has 0 unspecified atom stereocenters. The van der Waals surface area contributed by atoms with Crippen LogP contribution in [0.4, 0.5) is 4.39 Å². The highest BCUT2D eigenvalue weighted by molar-refractivity contribution is 9.10. The number of aromatic nitrogens is 2. The maximum absolute atomic E-state index is 13.0. The van der Waals surface area contributed by atoms with Gasteiger partial charge in [0.2, 0.25) is 0 Å². The lowest BCUT2D eigenvalue weighted by atomic mass is 10.2. The van der Waals surface area contributed by atoms with Crippen LogP contribution in [0.3, 0.4) is 0 Å². The number of thioether (sulfide) groups is 1. The maximum atomic E-state index is 13.0. The van der Waals surface area contributed by atoms with E-state index in [4.69, 9.17) is 0 Å². The highest BCUT2D eigenvalue weighted by atomic mass is 79.9. The van der Waals surface area contributed by atoms with Gasteiger partial charge in [0.15, 0.2) is 4.34 Å². The van der Waals surface area contributed by atoms with Crippen LogP contribution in [-0.4, -0.2) is 10.2 Å². The first-order valence-corrected chi connectivity index (χ1v) is 6.74. The van der Waals surface area contributed by atoms with Crippen molar-refractivity contribution in [3.8, 4) is 0 Å². The lowest BCUT2D eigenvalue weighted by Crippen LogP contribution is -1.83. The normalized spacial score (nSPS) is 10.5. The summed E-state index contributed by atoms with van der Waals surface area (Å²) in [7, 11) is 0. The third-order valence-corrected chi connectivity index (χ3v) is 4.01. The van der Waals surface area contributed by atoms with E-state index in [1.165, 1.54) is 23.5 Å². The van der Waals surface area contributed by atoms with Gasteiger partial charge in [-0.05, 0) is 23.8 Å². The second-order valence-electron chi connectivity index (χ2n) is 2.77. The Morgan fingerprint density at radius 1 is 1.40 bits per heavy atom. The van der Waals surface area contributed by atoms with Gasteiger partial charge in [-0.25, -0.2) is 4.39 Å². The van der Waals surface area contributed by atoms with E-state index in [-0.39, 0.29) is 5.82 Å². The van der Waals surface area contributed by atoms with Crippen LogP contribution in [0.25, 0.3) is 0 Å². The minimum Gasteiger partial charge on any atom is -0.207 e. The topological polar surface area (TPSA) is 25.8 Å². The molecule has 1 heterocycles. The quantitative estimate of drug-likeness (QED) is 0.808. The van der Waals surface area contributed by atoms with Crippen molar-refractivity contribution in [2.24, 2.45) is 0 Å². The zero-order valence-electron chi connectivity index (χ0n) is 7.48. The fourth-order valence-electron chi connectivity index (χ4n) is 1.07. The summed E-state index contributed by atoms with van der Waals surface area (Å²) in [6.07, 6.45) is 0. The molecule has 0 aliphatic rings. The van der Waals surface area contributed by atoms with Crippen molar-refractivity contribution in [3.05, 3.63) is 39.6 Å². The molecule has 0 saturated heterocycles. The van der Waals surface area contributed by atoms with Crippen LogP contribution in [-0.2, 0) is 5.75 Å². The van der Waals surface area contributed by atoms with Gasteiger partial charge >= 0.3 is 0 Å². The summed E-state index contributed by atoms with van der Waals surface area (Å²) in [5.74, 6) is 0.475. The van der Waals surface area contributed by atoms with E-state index in [2.05, 4.69) is 26.1 Å². The molecule has 0 N–H and O–H groups in total. The summed E-state index contributed by atoms with van der Waals surface area (Å²) in [4.78, 5) is 0. The fourth-order valence-corrected chi connectivity index (χ4v) is 3.00. The Balaban J connectivity index is 2.05. The fraction of sp³-hybridized carbons (Fsp3) is 0.111. The lowest BCUT2D eigenvalue weighted by molar-refractivity contribution is 0.625. The molecular formula is C9H6BrFN2S2. The second kappa shape index (κ2) is 5.05. The Bertz CT molecular complexity index is 427. The Kier molecular flexibility index (Phi) is 3.71. The van der Waals surface area contributed by atoms with E-state index in [9.17, 15) is 4.39 Å². The summed E-state index contributed by atoms with van der Waals surface area (Å²) in [6.45, 7) is 0. The number of rotatable bonds is 3. The second-order valence-corrected chi connectivity index (χ2v) is 5.74. The molecule has 0 spiro atoms. The van der Waals surface area contributed by atoms with Crippen LogP contribution in [0, 0.1) is 5.82 Å². The van der Waals surface area contributed by atoms with E-state index in [0.29, 0.717) is 5.75 Å². The van der Waals surface area contributed by atoms with Crippen LogP contribution in [0.5, 0.6) is 0 Å². The van der Waals surface area contributed by atoms with E-state index < -0.39 is 0 Å². The van der Waals surface area contributed by atoms with Gasteiger partial charge in [0.25, 0.3) is 0 Å². The molecule has 0 radical (unpaired) electrons. The first-order valence-electron chi connectivity index (χ1n) is 4.08. The van der Waals surface area contributed by atoms with Crippen molar-refractivity contribution in [1.29, 1.82) is 0 Å². The van der Waals surface area contributed by atoms with Crippen LogP contribution < -0.4 is 0 Å². The van der Waals surface area contributed by atoms with Crippen molar-refractivity contribution >= 4 is 39.0 Å². The van der Waals surface area contributed by atoms with E-state index in [1.807, 2.05) is 6.07 Å². The molecule has 0 aliphatic carbocycles. The van der Waals surface area contributed by atoms with Crippen molar-refractivity contribution in [2.75, 3.05) is 0 Å². The first-order chi connectivity index (χ1) is 7.24. The van der Waals surface area contributed by atoms with Crippen LogP contribution in [0.1, 0.15) is 5.56 Å². The third kappa shape index (κ3) is 3.25. The smallest absolute Gasteiger partial charge is 0.174 e. The molecule has 2 rings (SSSR count). The molecule has 0 atom stereocenters. The monoisotopic (exact) mass is 304 g/mol. The van der Waals surface area contributed by atoms with Gasteiger partial charge in [0.1, 0.15) is 11.3 Å². The summed E-state index contributed by atoms with van der Waals surface area (Å²) in [6, 6.07) is 4.87. The molecule has 2 aromatic rings. The zero-order valence-corrected chi connectivity index (χ0v) is 10.7. The van der Waals surface area contributed by atoms with E-state index in [1.54, 1.807) is 17.3 Å². The van der Waals surface area contributed by atoms with Gasteiger partial charge < -0.3 is 0 Å². The third-order valence-electron chi connectivity index (χ3n) is 1.62. The molecule has 0 bridgehead atoms. The van der Waals surface area contributed by atoms with Crippen molar-refractivity contribution in [3.63, 3.8) is 0 Å². The van der Waals surface area contributed by atoms with Gasteiger partial charge in [0, 0.05) is 10.2 Å². The van der Waals surface area contributed by atoms with Crippen LogP contribution in [0.15, 0.2) is 32.5 Å². The maximum Gasteiger partial charge on any atom is 0.174 e. The minimum atomic E-state index is -0.225. The van der Waals surface area contributed by atoms with E-state index >= 15 is 0 Å². The summed E-state index contributed by atoms with van der Waals surface area (Å²) < 4.78 is 14.7. The number of hydrogen-bond acceptors (Lipinski definition) is 4. The van der Waals surface area contributed by atoms with Crippen LogP contribution in [0.2, 0.25) is 0 Å². The largest absolute Gasteiger partial charge is 0.207 e. The number of nitrogens with zero attached hydrogens (tertiary/aromatic N) is 2. The highest BCUT2D eigenvalue weighted by Crippen LogP contribution is 2.25. The Morgan fingerprint density at radius 3 is 2.93 bits per heavy atom. The molecule has 15 heavy (non-hydrogen) atoms. The minimum absolute atomic E-state index is 0.225. The Hall–Kier alpha value is -0.460. The standard InChI is InChI=1S/C9H6BrFN2S2/c10-7-1-6(2-8(11)3-7)4-14-9-13-12-5-15-9/h1-3,5H,4H2. The predicted molar refractivity (Wildman–Crippen MR) is 63.6 cm³/mol. The average molecular weight is 305 g/mol. The summed E-state index contributed by atoms with van der Waals surface area (Å²) in [5.41, 5.74) is 2.62.